The van der Waals surface area contributed by atoms with E-state index in [9.17, 15) is 0 Å². The van der Waals surface area contributed by atoms with Crippen LogP contribution in [0.4, 0.5) is 0 Å². The van der Waals surface area contributed by atoms with E-state index in [1.165, 1.54) is 49.7 Å². The molecule has 0 radical (unpaired) electrons. The molecule has 1 unspecified atom stereocenters. The zero-order valence-electron chi connectivity index (χ0n) is 14.4. The third kappa shape index (κ3) is 4.10. The van der Waals surface area contributed by atoms with Crippen LogP contribution in [0.3, 0.4) is 0 Å². The van der Waals surface area contributed by atoms with Gasteiger partial charge in [-0.2, -0.15) is 0 Å². The number of aryl methyl sites for hydroxylation is 1. The third-order valence-corrected chi connectivity index (χ3v) is 5.04. The molecule has 0 heterocycles. The van der Waals surface area contributed by atoms with Gasteiger partial charge >= 0.3 is 0 Å². The molecule has 1 fully saturated rings. The summed E-state index contributed by atoms with van der Waals surface area (Å²) in [5, 5.41) is 3.89. The average molecular weight is 287 g/mol. The van der Waals surface area contributed by atoms with E-state index in [0.29, 0.717) is 11.5 Å². The number of hydrogen-bond donors (Lipinski definition) is 1. The Balaban J connectivity index is 2.29. The molecule has 0 aliphatic heterocycles. The van der Waals surface area contributed by atoms with Crippen molar-refractivity contribution in [2.45, 2.75) is 72.3 Å². The first-order chi connectivity index (χ1) is 10.1. The van der Waals surface area contributed by atoms with Crippen LogP contribution in [0.25, 0.3) is 0 Å². The molecule has 0 saturated heterocycles. The van der Waals surface area contributed by atoms with Gasteiger partial charge in [-0.25, -0.2) is 0 Å². The lowest BCUT2D eigenvalue weighted by Gasteiger charge is -2.40. The van der Waals surface area contributed by atoms with Gasteiger partial charge in [0.05, 0.1) is 0 Å². The lowest BCUT2D eigenvalue weighted by molar-refractivity contribution is 0.155. The summed E-state index contributed by atoms with van der Waals surface area (Å²) in [6, 6.07) is 9.77. The van der Waals surface area contributed by atoms with E-state index in [-0.39, 0.29) is 0 Å². The van der Waals surface area contributed by atoms with Crippen LogP contribution in [-0.4, -0.2) is 6.54 Å². The summed E-state index contributed by atoms with van der Waals surface area (Å²) in [5.41, 5.74) is 3.33. The zero-order valence-corrected chi connectivity index (χ0v) is 14.4. The lowest BCUT2D eigenvalue weighted by Crippen LogP contribution is -2.38. The van der Waals surface area contributed by atoms with Crippen molar-refractivity contribution in [2.24, 2.45) is 11.3 Å². The van der Waals surface area contributed by atoms with Gasteiger partial charge in [-0.05, 0) is 56.0 Å². The summed E-state index contributed by atoms with van der Waals surface area (Å²) in [7, 11) is 0. The Morgan fingerprint density at radius 2 is 1.71 bits per heavy atom. The van der Waals surface area contributed by atoms with E-state index < -0.39 is 0 Å². The fourth-order valence-electron chi connectivity index (χ4n) is 4.24. The molecule has 1 aromatic carbocycles. The summed E-state index contributed by atoms with van der Waals surface area (Å²) in [4.78, 5) is 0. The second-order valence-electron chi connectivity index (χ2n) is 7.47. The zero-order chi connectivity index (χ0) is 15.3. The van der Waals surface area contributed by atoms with E-state index in [2.05, 4.69) is 57.3 Å². The Labute approximate surface area is 131 Å². The van der Waals surface area contributed by atoms with Gasteiger partial charge in [0, 0.05) is 6.04 Å². The highest BCUT2D eigenvalue weighted by atomic mass is 14.9. The van der Waals surface area contributed by atoms with Crippen molar-refractivity contribution in [1.82, 2.24) is 5.32 Å². The maximum Gasteiger partial charge on any atom is 0.0377 e. The molecule has 0 bridgehead atoms. The molecular formula is C20H33N. The Kier molecular flexibility index (Phi) is 5.87. The van der Waals surface area contributed by atoms with Gasteiger partial charge in [-0.3, -0.25) is 0 Å². The van der Waals surface area contributed by atoms with Crippen molar-refractivity contribution < 1.29 is 0 Å². The van der Waals surface area contributed by atoms with Crippen LogP contribution in [0.5, 0.6) is 0 Å². The number of benzene rings is 1. The first-order valence-electron chi connectivity index (χ1n) is 8.87. The van der Waals surface area contributed by atoms with Crippen molar-refractivity contribution in [1.29, 1.82) is 0 Å². The van der Waals surface area contributed by atoms with Gasteiger partial charge in [-0.15, -0.1) is 0 Å². The number of hydrogen-bond acceptors (Lipinski definition) is 1. The number of rotatable bonds is 7. The smallest absolute Gasteiger partial charge is 0.0377 e. The monoisotopic (exact) mass is 287 g/mol. The Morgan fingerprint density at radius 3 is 2.24 bits per heavy atom. The minimum atomic E-state index is 0.471. The third-order valence-electron chi connectivity index (χ3n) is 5.04. The number of nitrogens with one attached hydrogen (secondary N) is 1. The fraction of sp³-hybridized carbons (Fsp3) is 0.700. The second-order valence-corrected chi connectivity index (χ2v) is 7.47. The minimum absolute atomic E-state index is 0.471. The summed E-state index contributed by atoms with van der Waals surface area (Å²) in [6.45, 7) is 10.3. The van der Waals surface area contributed by atoms with Crippen molar-refractivity contribution in [3.05, 3.63) is 35.4 Å². The molecule has 1 aromatic rings. The van der Waals surface area contributed by atoms with Gasteiger partial charge < -0.3 is 5.32 Å². The lowest BCUT2D eigenvalue weighted by atomic mass is 9.70. The Bertz CT molecular complexity index is 412. The molecule has 1 nitrogen and oxygen atoms in total. The van der Waals surface area contributed by atoms with Crippen LogP contribution in [0.2, 0.25) is 0 Å². The van der Waals surface area contributed by atoms with Crippen LogP contribution in [-0.2, 0) is 0 Å². The van der Waals surface area contributed by atoms with E-state index in [4.69, 9.17) is 0 Å². The van der Waals surface area contributed by atoms with Gasteiger partial charge in [-0.1, -0.05) is 63.4 Å². The highest BCUT2D eigenvalue weighted by Crippen LogP contribution is 2.51. The van der Waals surface area contributed by atoms with Crippen molar-refractivity contribution in [2.75, 3.05) is 6.54 Å². The average Bonchev–Trinajstić information content (AvgIpc) is 2.89. The molecule has 1 aliphatic carbocycles. The minimum Gasteiger partial charge on any atom is -0.309 e. The van der Waals surface area contributed by atoms with Crippen LogP contribution in [0.15, 0.2) is 24.3 Å². The first kappa shape index (κ1) is 16.5. The summed E-state index contributed by atoms with van der Waals surface area (Å²) >= 11 is 0. The molecule has 2 rings (SSSR count). The Morgan fingerprint density at radius 1 is 1.10 bits per heavy atom. The molecule has 1 heteroatoms. The van der Waals surface area contributed by atoms with Gasteiger partial charge in [0.1, 0.15) is 0 Å². The normalized spacial score (nSPS) is 19.1. The van der Waals surface area contributed by atoms with E-state index in [1.807, 2.05) is 0 Å². The highest BCUT2D eigenvalue weighted by Gasteiger charge is 2.41. The SMILES string of the molecule is CCCNC(c1ccc(C)cc1)C1(CC(C)C)CCCC1. The maximum absolute atomic E-state index is 3.89. The van der Waals surface area contributed by atoms with E-state index in [1.54, 1.807) is 0 Å². The van der Waals surface area contributed by atoms with Crippen LogP contribution in [0.1, 0.15) is 76.5 Å². The molecule has 1 N–H and O–H groups in total. The van der Waals surface area contributed by atoms with Crippen LogP contribution in [0, 0.1) is 18.3 Å². The van der Waals surface area contributed by atoms with Crippen LogP contribution < -0.4 is 5.32 Å². The summed E-state index contributed by atoms with van der Waals surface area (Å²) in [5.74, 6) is 0.777. The molecule has 118 valence electrons. The van der Waals surface area contributed by atoms with Crippen molar-refractivity contribution in [3.63, 3.8) is 0 Å². The topological polar surface area (TPSA) is 12.0 Å². The molecule has 0 aromatic heterocycles. The molecular weight excluding hydrogens is 254 g/mol. The summed E-state index contributed by atoms with van der Waals surface area (Å²) < 4.78 is 0. The quantitative estimate of drug-likeness (QED) is 0.684. The predicted octanol–water partition coefficient (Wildman–Crippen LogP) is 5.64. The fourth-order valence-corrected chi connectivity index (χ4v) is 4.24. The molecule has 1 atom stereocenters. The Hall–Kier alpha value is -0.820. The molecule has 1 saturated carbocycles. The second kappa shape index (κ2) is 7.45. The van der Waals surface area contributed by atoms with E-state index >= 15 is 0 Å². The maximum atomic E-state index is 3.89. The largest absolute Gasteiger partial charge is 0.309 e. The summed E-state index contributed by atoms with van der Waals surface area (Å²) in [6.07, 6.45) is 8.15. The van der Waals surface area contributed by atoms with Crippen molar-refractivity contribution in [3.8, 4) is 0 Å². The predicted molar refractivity (Wildman–Crippen MR) is 92.6 cm³/mol. The molecule has 1 aliphatic rings. The van der Waals surface area contributed by atoms with Gasteiger partial charge in [0.15, 0.2) is 0 Å². The van der Waals surface area contributed by atoms with Crippen LogP contribution >= 0.6 is 0 Å². The van der Waals surface area contributed by atoms with E-state index in [0.717, 1.165) is 12.5 Å². The van der Waals surface area contributed by atoms with Gasteiger partial charge in [0.2, 0.25) is 0 Å². The highest BCUT2D eigenvalue weighted by molar-refractivity contribution is 5.26. The van der Waals surface area contributed by atoms with Crippen molar-refractivity contribution >= 4 is 0 Å². The molecule has 0 spiro atoms. The molecule has 0 amide bonds. The standard InChI is InChI=1S/C20H33N/c1-5-14-21-19(18-10-8-17(4)9-11-18)20(15-16(2)3)12-6-7-13-20/h8-11,16,19,21H,5-7,12-15H2,1-4H3. The first-order valence-corrected chi connectivity index (χ1v) is 8.87. The molecule has 21 heavy (non-hydrogen) atoms. The van der Waals surface area contributed by atoms with Gasteiger partial charge in [0.25, 0.3) is 0 Å².